The highest BCUT2D eigenvalue weighted by Gasteiger charge is 2.09. The van der Waals surface area contributed by atoms with Gasteiger partial charge in [0.05, 0.1) is 12.1 Å². The molecule has 0 fully saturated rings. The van der Waals surface area contributed by atoms with E-state index in [4.69, 9.17) is 4.74 Å². The Morgan fingerprint density at radius 2 is 2.09 bits per heavy atom. The van der Waals surface area contributed by atoms with Gasteiger partial charge in [0.25, 0.3) is 0 Å². The summed E-state index contributed by atoms with van der Waals surface area (Å²) in [5, 5.41) is 4.31. The van der Waals surface area contributed by atoms with Crippen LogP contribution in [0.5, 0.6) is 0 Å². The quantitative estimate of drug-likeness (QED) is 0.460. The summed E-state index contributed by atoms with van der Waals surface area (Å²) in [6, 6.07) is 6.11. The summed E-state index contributed by atoms with van der Waals surface area (Å²) >= 11 is 2.29. The second-order valence-electron chi connectivity index (χ2n) is 4.42. The normalized spacial score (nSPS) is 10.0. The van der Waals surface area contributed by atoms with E-state index < -0.39 is 0 Å². The first kappa shape index (κ1) is 19.9. The van der Waals surface area contributed by atoms with Crippen LogP contribution in [-0.4, -0.2) is 39.8 Å². The average Bonchev–Trinajstić information content (AvgIpc) is 3.02. The maximum Gasteiger partial charge on any atom is 0.237 e. The molecular formula is C14H16Cl2IN5O. The minimum absolute atomic E-state index is 0. The zero-order valence-corrected chi connectivity index (χ0v) is 16.1. The third-order valence-electron chi connectivity index (χ3n) is 2.98. The molecule has 0 amide bonds. The molecule has 0 unspecified atom stereocenters. The molecule has 0 aliphatic rings. The van der Waals surface area contributed by atoms with Gasteiger partial charge in [-0.2, -0.15) is 4.98 Å². The fourth-order valence-electron chi connectivity index (χ4n) is 1.99. The number of methoxy groups -OCH3 is 1. The van der Waals surface area contributed by atoms with Crippen molar-refractivity contribution in [3.8, 4) is 5.95 Å². The molecular weight excluding hydrogens is 452 g/mol. The molecule has 0 saturated carbocycles. The number of aromatic nitrogens is 4. The lowest BCUT2D eigenvalue weighted by Gasteiger charge is -2.11. The van der Waals surface area contributed by atoms with Crippen molar-refractivity contribution in [1.29, 1.82) is 0 Å². The lowest BCUT2D eigenvalue weighted by atomic mass is 10.2. The van der Waals surface area contributed by atoms with E-state index >= 15 is 0 Å². The minimum Gasteiger partial charge on any atom is -0.383 e. The van der Waals surface area contributed by atoms with E-state index in [1.54, 1.807) is 24.2 Å². The van der Waals surface area contributed by atoms with E-state index in [0.717, 1.165) is 20.3 Å². The molecule has 1 aromatic carbocycles. The lowest BCUT2D eigenvalue weighted by molar-refractivity contribution is 0.210. The Kier molecular flexibility index (Phi) is 7.97. The van der Waals surface area contributed by atoms with Crippen LogP contribution in [0.25, 0.3) is 16.9 Å². The van der Waals surface area contributed by atoms with Gasteiger partial charge in [-0.15, -0.1) is 24.8 Å². The van der Waals surface area contributed by atoms with Crippen LogP contribution >= 0.6 is 47.4 Å². The van der Waals surface area contributed by atoms with E-state index in [-0.39, 0.29) is 24.8 Å². The third kappa shape index (κ3) is 4.66. The van der Waals surface area contributed by atoms with Crippen molar-refractivity contribution in [3.05, 3.63) is 40.5 Å². The Bertz CT molecular complexity index is 754. The first-order valence-electron chi connectivity index (χ1n) is 6.46. The van der Waals surface area contributed by atoms with Crippen LogP contribution in [0.1, 0.15) is 0 Å². The zero-order valence-electron chi connectivity index (χ0n) is 12.3. The summed E-state index contributed by atoms with van der Waals surface area (Å²) in [7, 11) is 1.68. The summed E-state index contributed by atoms with van der Waals surface area (Å²) in [6.07, 6.45) is 5.22. The van der Waals surface area contributed by atoms with Gasteiger partial charge in [-0.05, 0) is 40.8 Å². The number of rotatable bonds is 5. The fraction of sp³-hybridized carbons (Fsp3) is 0.214. The number of imidazole rings is 1. The number of nitrogens with one attached hydrogen (secondary N) is 1. The average molecular weight is 468 g/mol. The molecule has 124 valence electrons. The van der Waals surface area contributed by atoms with Crippen LogP contribution in [-0.2, 0) is 4.74 Å². The van der Waals surface area contributed by atoms with Gasteiger partial charge in [-0.3, -0.25) is 4.57 Å². The van der Waals surface area contributed by atoms with Gasteiger partial charge in [0.1, 0.15) is 12.1 Å². The number of hydrogen-bond donors (Lipinski definition) is 1. The maximum atomic E-state index is 5.08. The number of nitrogens with zero attached hydrogens (tertiary/aromatic N) is 4. The summed E-state index contributed by atoms with van der Waals surface area (Å²) in [5.74, 6) is 1.40. The van der Waals surface area contributed by atoms with Crippen molar-refractivity contribution in [2.45, 2.75) is 0 Å². The number of fused-ring (bicyclic) bond motifs is 1. The van der Waals surface area contributed by atoms with Crippen LogP contribution in [0, 0.1) is 3.57 Å². The number of hydrogen-bond acceptors (Lipinski definition) is 5. The summed E-state index contributed by atoms with van der Waals surface area (Å²) in [5.41, 5.74) is 0.897. The Hall–Kier alpha value is -1.16. The third-order valence-corrected chi connectivity index (χ3v) is 3.65. The van der Waals surface area contributed by atoms with Gasteiger partial charge in [0.2, 0.25) is 5.95 Å². The van der Waals surface area contributed by atoms with Gasteiger partial charge in [0, 0.05) is 35.0 Å². The topological polar surface area (TPSA) is 64.9 Å². The van der Waals surface area contributed by atoms with Crippen molar-refractivity contribution in [1.82, 2.24) is 19.5 Å². The molecule has 0 radical (unpaired) electrons. The van der Waals surface area contributed by atoms with E-state index in [1.807, 2.05) is 18.3 Å². The number of halogens is 3. The predicted molar refractivity (Wildman–Crippen MR) is 104 cm³/mol. The second-order valence-corrected chi connectivity index (χ2v) is 5.67. The largest absolute Gasteiger partial charge is 0.383 e. The molecule has 0 atom stereocenters. The van der Waals surface area contributed by atoms with Crippen LogP contribution in [0.4, 0.5) is 5.82 Å². The van der Waals surface area contributed by atoms with Crippen molar-refractivity contribution in [2.24, 2.45) is 0 Å². The van der Waals surface area contributed by atoms with Crippen molar-refractivity contribution >= 4 is 64.1 Å². The molecule has 23 heavy (non-hydrogen) atoms. The molecule has 0 saturated heterocycles. The smallest absolute Gasteiger partial charge is 0.237 e. The first-order valence-corrected chi connectivity index (χ1v) is 7.54. The van der Waals surface area contributed by atoms with Gasteiger partial charge >= 0.3 is 0 Å². The van der Waals surface area contributed by atoms with Gasteiger partial charge < -0.3 is 10.1 Å². The van der Waals surface area contributed by atoms with E-state index in [9.17, 15) is 0 Å². The van der Waals surface area contributed by atoms with Crippen molar-refractivity contribution < 1.29 is 4.74 Å². The Labute approximate surface area is 160 Å². The molecule has 3 aromatic rings. The van der Waals surface area contributed by atoms with Gasteiger partial charge in [0.15, 0.2) is 0 Å². The molecule has 2 aromatic heterocycles. The van der Waals surface area contributed by atoms with Crippen LogP contribution < -0.4 is 5.32 Å². The monoisotopic (exact) mass is 467 g/mol. The molecule has 0 aliphatic carbocycles. The SMILES string of the molecule is COCCNc1nc(-n2ccnc2)nc2ccc(I)cc12.Cl.Cl. The van der Waals surface area contributed by atoms with Gasteiger partial charge in [-0.1, -0.05) is 0 Å². The Balaban J connectivity index is 0.00000132. The van der Waals surface area contributed by atoms with Crippen molar-refractivity contribution in [2.75, 3.05) is 25.6 Å². The Morgan fingerprint density at radius 1 is 1.26 bits per heavy atom. The molecule has 2 heterocycles. The highest BCUT2D eigenvalue weighted by molar-refractivity contribution is 14.1. The van der Waals surface area contributed by atoms with Crippen molar-refractivity contribution in [3.63, 3.8) is 0 Å². The predicted octanol–water partition coefficient (Wildman–Crippen LogP) is 3.32. The second kappa shape index (κ2) is 9.21. The fourth-order valence-corrected chi connectivity index (χ4v) is 2.48. The van der Waals surface area contributed by atoms with E-state index in [2.05, 4.69) is 48.9 Å². The molecule has 1 N–H and O–H groups in total. The summed E-state index contributed by atoms with van der Waals surface area (Å²) in [6.45, 7) is 1.31. The lowest BCUT2D eigenvalue weighted by Crippen LogP contribution is -2.11. The van der Waals surface area contributed by atoms with Crippen LogP contribution in [0.3, 0.4) is 0 Å². The highest BCUT2D eigenvalue weighted by Crippen LogP contribution is 2.23. The molecule has 3 rings (SSSR count). The molecule has 0 bridgehead atoms. The van der Waals surface area contributed by atoms with E-state index in [0.29, 0.717) is 19.1 Å². The number of benzene rings is 1. The highest BCUT2D eigenvalue weighted by atomic mass is 127. The number of ether oxygens (including phenoxy) is 1. The zero-order chi connectivity index (χ0) is 14.7. The number of anilines is 1. The van der Waals surface area contributed by atoms with Crippen LogP contribution in [0.15, 0.2) is 36.9 Å². The Morgan fingerprint density at radius 3 is 2.78 bits per heavy atom. The molecule has 0 spiro atoms. The molecule has 9 heteroatoms. The summed E-state index contributed by atoms with van der Waals surface area (Å²) < 4.78 is 8.02. The molecule has 6 nitrogen and oxygen atoms in total. The standard InChI is InChI=1S/C14H14IN5O.2ClH/c1-21-7-5-17-13-11-8-10(15)2-3-12(11)18-14(19-13)20-6-4-16-9-20;;/h2-4,6,8-9H,5,7H2,1H3,(H,17,18,19);2*1H. The van der Waals surface area contributed by atoms with E-state index in [1.165, 1.54) is 0 Å². The van der Waals surface area contributed by atoms with Crippen LogP contribution in [0.2, 0.25) is 0 Å². The first-order chi connectivity index (χ1) is 10.3. The molecule has 0 aliphatic heterocycles. The maximum absolute atomic E-state index is 5.08. The van der Waals surface area contributed by atoms with Gasteiger partial charge in [-0.25, -0.2) is 9.97 Å². The minimum atomic E-state index is 0. The summed E-state index contributed by atoms with van der Waals surface area (Å²) in [4.78, 5) is 13.2.